The van der Waals surface area contributed by atoms with Crippen LogP contribution in [0.3, 0.4) is 0 Å². The number of benzene rings is 2. The normalized spacial score (nSPS) is 29.7. The van der Waals surface area contributed by atoms with Gasteiger partial charge in [-0.1, -0.05) is 30.3 Å². The van der Waals surface area contributed by atoms with Crippen LogP contribution >= 0.6 is 0 Å². The van der Waals surface area contributed by atoms with Crippen LogP contribution in [-0.4, -0.2) is 23.5 Å². The van der Waals surface area contributed by atoms with Gasteiger partial charge in [0.1, 0.15) is 12.4 Å². The van der Waals surface area contributed by atoms with Crippen molar-refractivity contribution in [3.63, 3.8) is 0 Å². The highest BCUT2D eigenvalue weighted by Crippen LogP contribution is 2.47. The van der Waals surface area contributed by atoms with Crippen molar-refractivity contribution in [1.29, 1.82) is 0 Å². The summed E-state index contributed by atoms with van der Waals surface area (Å²) in [6.07, 6.45) is 6.44. The van der Waals surface area contributed by atoms with Gasteiger partial charge in [0.25, 0.3) is 0 Å². The summed E-state index contributed by atoms with van der Waals surface area (Å²) in [7, 11) is 0. The van der Waals surface area contributed by atoms with E-state index in [1.807, 2.05) is 30.3 Å². The fraction of sp³-hybridized carbons (Fsp3) is 0.480. The Labute approximate surface area is 181 Å². The highest BCUT2D eigenvalue weighted by molar-refractivity contribution is 5.79. The topological polar surface area (TPSA) is 50.4 Å². The maximum atomic E-state index is 14.6. The van der Waals surface area contributed by atoms with Crippen molar-refractivity contribution in [1.82, 2.24) is 10.6 Å². The summed E-state index contributed by atoms with van der Waals surface area (Å²) in [6.45, 7) is 0.248. The van der Waals surface area contributed by atoms with Gasteiger partial charge >= 0.3 is 0 Å². The lowest BCUT2D eigenvalue weighted by Crippen LogP contribution is -2.48. The number of carbonyl (C=O) groups is 1. The smallest absolute Gasteiger partial charge is 0.220 e. The van der Waals surface area contributed by atoms with E-state index in [0.29, 0.717) is 18.0 Å². The third kappa shape index (κ3) is 4.45. The van der Waals surface area contributed by atoms with Crippen molar-refractivity contribution in [3.8, 4) is 5.75 Å². The quantitative estimate of drug-likeness (QED) is 0.711. The Bertz CT molecular complexity index is 957. The zero-order valence-corrected chi connectivity index (χ0v) is 17.5. The van der Waals surface area contributed by atoms with Crippen molar-refractivity contribution < 1.29 is 18.3 Å². The van der Waals surface area contributed by atoms with Gasteiger partial charge in [0.05, 0.1) is 0 Å². The molecule has 2 aliphatic carbocycles. The molecule has 2 saturated carbocycles. The van der Waals surface area contributed by atoms with Gasteiger partial charge in [-0.3, -0.25) is 4.79 Å². The van der Waals surface area contributed by atoms with E-state index in [-0.39, 0.29) is 35.8 Å². The minimum absolute atomic E-state index is 0.00233. The fourth-order valence-corrected chi connectivity index (χ4v) is 5.25. The molecule has 2 aromatic rings. The molecular weight excluding hydrogens is 398 g/mol. The summed E-state index contributed by atoms with van der Waals surface area (Å²) in [4.78, 5) is 11.6. The molecule has 6 heteroatoms. The van der Waals surface area contributed by atoms with E-state index in [9.17, 15) is 13.6 Å². The van der Waals surface area contributed by atoms with Gasteiger partial charge in [0, 0.05) is 41.6 Å². The minimum atomic E-state index is -0.645. The molecule has 2 N–H and O–H groups in total. The Balaban J connectivity index is 1.22. The van der Waals surface area contributed by atoms with Crippen LogP contribution in [0.15, 0.2) is 42.5 Å². The molecule has 164 valence electrons. The lowest BCUT2D eigenvalue weighted by molar-refractivity contribution is -0.120. The van der Waals surface area contributed by atoms with Crippen molar-refractivity contribution >= 4 is 5.91 Å². The summed E-state index contributed by atoms with van der Waals surface area (Å²) in [5.74, 6) is -0.825. The molecule has 2 aromatic carbocycles. The predicted molar refractivity (Wildman–Crippen MR) is 114 cm³/mol. The Kier molecular flexibility index (Phi) is 5.42. The number of amides is 1. The van der Waals surface area contributed by atoms with E-state index >= 15 is 0 Å². The second-order valence-electron chi connectivity index (χ2n) is 9.30. The first-order valence-electron chi connectivity index (χ1n) is 11.2. The van der Waals surface area contributed by atoms with Gasteiger partial charge in [-0.15, -0.1) is 0 Å². The summed E-state index contributed by atoms with van der Waals surface area (Å²) in [6, 6.07) is 12.5. The van der Waals surface area contributed by atoms with Crippen LogP contribution in [0.4, 0.5) is 8.78 Å². The first kappa shape index (κ1) is 20.4. The molecule has 0 bridgehead atoms. The molecule has 1 spiro atoms. The minimum Gasteiger partial charge on any atom is -0.486 e. The molecule has 1 saturated heterocycles. The molecule has 0 radical (unpaired) electrons. The lowest BCUT2D eigenvalue weighted by atomic mass is 9.78. The van der Waals surface area contributed by atoms with Crippen LogP contribution in [0, 0.1) is 11.6 Å². The maximum Gasteiger partial charge on any atom is 0.220 e. The number of nitrogens with one attached hydrogen (secondary N) is 2. The molecular formula is C25H28F2N2O2. The van der Waals surface area contributed by atoms with Crippen LogP contribution in [-0.2, 0) is 11.4 Å². The molecule has 31 heavy (non-hydrogen) atoms. The SMILES string of the molecule is O=C1CCC2(CCC(N[C@@H]3C[C@H]3c3cc(F)cc(F)c3OCc3ccccc3)CC2)N1. The van der Waals surface area contributed by atoms with E-state index in [2.05, 4.69) is 10.6 Å². The van der Waals surface area contributed by atoms with Crippen LogP contribution < -0.4 is 15.4 Å². The monoisotopic (exact) mass is 426 g/mol. The van der Waals surface area contributed by atoms with E-state index < -0.39 is 11.6 Å². The summed E-state index contributed by atoms with van der Waals surface area (Å²) in [5.41, 5.74) is 1.56. The molecule has 0 aromatic heterocycles. The Hall–Kier alpha value is -2.47. The summed E-state index contributed by atoms with van der Waals surface area (Å²) in [5, 5.41) is 6.86. The van der Waals surface area contributed by atoms with Crippen LogP contribution in [0.25, 0.3) is 0 Å². The van der Waals surface area contributed by atoms with Crippen LogP contribution in [0.5, 0.6) is 5.75 Å². The van der Waals surface area contributed by atoms with Gasteiger partial charge in [-0.05, 0) is 50.2 Å². The average molecular weight is 427 g/mol. The standard InChI is InChI=1S/C25H28F2N2O2/c26-17-12-20(24(21(27)13-17)31-15-16-4-2-1-3-5-16)19-14-22(19)28-18-6-9-25(10-7-18)11-8-23(30)29-25/h1-5,12-13,18-19,22,28H,6-11,14-15H2,(H,29,30)/t18?,19-,22+,25?/m0/s1. The summed E-state index contributed by atoms with van der Waals surface area (Å²) >= 11 is 0. The summed E-state index contributed by atoms with van der Waals surface area (Å²) < 4.78 is 34.4. The van der Waals surface area contributed by atoms with Gasteiger partial charge in [-0.2, -0.15) is 0 Å². The fourth-order valence-electron chi connectivity index (χ4n) is 5.25. The number of rotatable bonds is 6. The van der Waals surface area contributed by atoms with E-state index in [4.69, 9.17) is 4.74 Å². The maximum absolute atomic E-state index is 14.6. The lowest BCUT2D eigenvalue weighted by Gasteiger charge is -2.37. The molecule has 3 aliphatic rings. The molecule has 1 amide bonds. The predicted octanol–water partition coefficient (Wildman–Crippen LogP) is 4.58. The number of ether oxygens (including phenoxy) is 1. The Morgan fingerprint density at radius 3 is 2.58 bits per heavy atom. The van der Waals surface area contributed by atoms with Gasteiger partial charge in [-0.25, -0.2) is 8.78 Å². The molecule has 1 heterocycles. The van der Waals surface area contributed by atoms with Crippen LogP contribution in [0.1, 0.15) is 62.0 Å². The van der Waals surface area contributed by atoms with E-state index in [1.54, 1.807) is 0 Å². The van der Waals surface area contributed by atoms with Gasteiger partial charge in [0.2, 0.25) is 5.91 Å². The molecule has 2 atom stereocenters. The number of carbonyl (C=O) groups excluding carboxylic acids is 1. The largest absolute Gasteiger partial charge is 0.486 e. The first-order chi connectivity index (χ1) is 15.0. The average Bonchev–Trinajstić information content (AvgIpc) is 3.43. The zero-order valence-electron chi connectivity index (χ0n) is 17.5. The number of hydrogen-bond donors (Lipinski definition) is 2. The van der Waals surface area contributed by atoms with Gasteiger partial charge < -0.3 is 15.4 Å². The van der Waals surface area contributed by atoms with Crippen molar-refractivity contribution in [2.75, 3.05) is 0 Å². The second-order valence-corrected chi connectivity index (χ2v) is 9.30. The highest BCUT2D eigenvalue weighted by atomic mass is 19.1. The van der Waals surface area contributed by atoms with E-state index in [0.717, 1.165) is 50.2 Å². The van der Waals surface area contributed by atoms with Gasteiger partial charge in [0.15, 0.2) is 11.6 Å². The molecule has 4 nitrogen and oxygen atoms in total. The molecule has 3 fully saturated rings. The third-order valence-electron chi connectivity index (χ3n) is 7.08. The van der Waals surface area contributed by atoms with E-state index in [1.165, 1.54) is 6.07 Å². The van der Waals surface area contributed by atoms with Crippen molar-refractivity contribution in [2.24, 2.45) is 0 Å². The Morgan fingerprint density at radius 1 is 1.10 bits per heavy atom. The molecule has 1 aliphatic heterocycles. The number of hydrogen-bond acceptors (Lipinski definition) is 3. The van der Waals surface area contributed by atoms with Crippen molar-refractivity contribution in [2.45, 2.75) is 75.1 Å². The molecule has 5 rings (SSSR count). The zero-order chi connectivity index (χ0) is 21.4. The first-order valence-corrected chi connectivity index (χ1v) is 11.2. The third-order valence-corrected chi connectivity index (χ3v) is 7.08. The van der Waals surface area contributed by atoms with Crippen molar-refractivity contribution in [3.05, 3.63) is 65.2 Å². The Morgan fingerprint density at radius 2 is 1.87 bits per heavy atom. The second kappa shape index (κ2) is 8.23. The van der Waals surface area contributed by atoms with Crippen LogP contribution in [0.2, 0.25) is 0 Å². The molecule has 0 unspecified atom stereocenters. The highest BCUT2D eigenvalue weighted by Gasteiger charge is 2.45. The number of halogens is 2.